The summed E-state index contributed by atoms with van der Waals surface area (Å²) in [6.45, 7) is 10.2. The van der Waals surface area contributed by atoms with E-state index in [2.05, 4.69) is 50.0 Å². The fourth-order valence-electron chi connectivity index (χ4n) is 6.09. The Hall–Kier alpha value is -2.91. The smallest absolute Gasteiger partial charge is 0.320 e. The number of nitrogens with one attached hydrogen (secondary N) is 1. The molecule has 186 valence electrons. The molecule has 2 fully saturated rings. The van der Waals surface area contributed by atoms with Gasteiger partial charge in [-0.2, -0.15) is 5.26 Å². The van der Waals surface area contributed by atoms with Crippen LogP contribution in [0.3, 0.4) is 0 Å². The minimum absolute atomic E-state index is 0.143. The van der Waals surface area contributed by atoms with E-state index in [4.69, 9.17) is 0 Å². The number of carbonyl (C=O) groups excluding carboxylic acids is 1. The van der Waals surface area contributed by atoms with Gasteiger partial charge in [-0.25, -0.2) is 9.18 Å². The number of fused-ring (bicyclic) bond motifs is 1. The van der Waals surface area contributed by atoms with Crippen molar-refractivity contribution >= 4 is 11.7 Å². The average Bonchev–Trinajstić information content (AvgIpc) is 3.56. The number of nitriles is 1. The first kappa shape index (κ1) is 25.2. The fourth-order valence-corrected chi connectivity index (χ4v) is 6.09. The van der Waals surface area contributed by atoms with E-state index in [0.29, 0.717) is 35.8 Å². The van der Waals surface area contributed by atoms with E-state index in [1.54, 1.807) is 12.1 Å². The molecule has 0 radical (unpaired) electrons. The minimum atomic E-state index is -0.361. The van der Waals surface area contributed by atoms with Gasteiger partial charge in [-0.15, -0.1) is 0 Å². The van der Waals surface area contributed by atoms with Crippen molar-refractivity contribution in [1.82, 2.24) is 9.80 Å². The maximum atomic E-state index is 13.7. The predicted molar refractivity (Wildman–Crippen MR) is 138 cm³/mol. The lowest BCUT2D eigenvalue weighted by Crippen LogP contribution is -2.50. The average molecular weight is 477 g/mol. The van der Waals surface area contributed by atoms with Gasteiger partial charge in [0.2, 0.25) is 0 Å². The summed E-state index contributed by atoms with van der Waals surface area (Å²) in [5.41, 5.74) is 2.61. The van der Waals surface area contributed by atoms with Crippen LogP contribution in [0.1, 0.15) is 64.5 Å². The molecule has 0 spiro atoms. The summed E-state index contributed by atoms with van der Waals surface area (Å²) in [5.74, 6) is 0.158. The summed E-state index contributed by atoms with van der Waals surface area (Å²) in [7, 11) is 0. The van der Waals surface area contributed by atoms with E-state index in [0.717, 1.165) is 32.2 Å². The van der Waals surface area contributed by atoms with Gasteiger partial charge in [0.15, 0.2) is 0 Å². The van der Waals surface area contributed by atoms with Crippen LogP contribution < -0.4 is 5.32 Å². The molecular weight excluding hydrogens is 439 g/mol. The molecule has 0 aliphatic heterocycles. The van der Waals surface area contributed by atoms with Gasteiger partial charge in [0, 0.05) is 36.9 Å². The quantitative estimate of drug-likeness (QED) is 0.496. The number of carbonyl (C=O) groups is 1. The third-order valence-electron chi connectivity index (χ3n) is 7.98. The highest BCUT2D eigenvalue weighted by atomic mass is 19.1. The lowest BCUT2D eigenvalue weighted by atomic mass is 9.80. The van der Waals surface area contributed by atoms with Crippen LogP contribution in [-0.2, 0) is 5.41 Å². The van der Waals surface area contributed by atoms with Crippen LogP contribution >= 0.6 is 0 Å². The zero-order valence-electron chi connectivity index (χ0n) is 21.3. The lowest BCUT2D eigenvalue weighted by molar-refractivity contribution is 0.120. The first-order valence-electron chi connectivity index (χ1n) is 12.8. The monoisotopic (exact) mass is 476 g/mol. The molecule has 2 aliphatic rings. The van der Waals surface area contributed by atoms with Crippen molar-refractivity contribution in [2.45, 2.75) is 76.9 Å². The summed E-state index contributed by atoms with van der Waals surface area (Å²) in [4.78, 5) is 17.9. The van der Waals surface area contributed by atoms with E-state index in [9.17, 15) is 14.4 Å². The maximum Gasteiger partial charge on any atom is 0.322 e. The normalized spacial score (nSPS) is 23.2. The van der Waals surface area contributed by atoms with Gasteiger partial charge in [0.1, 0.15) is 5.82 Å². The molecule has 35 heavy (non-hydrogen) atoms. The van der Waals surface area contributed by atoms with Crippen LogP contribution in [0.2, 0.25) is 0 Å². The summed E-state index contributed by atoms with van der Waals surface area (Å²) in [6.07, 6.45) is 4.00. The number of halogens is 1. The van der Waals surface area contributed by atoms with E-state index < -0.39 is 0 Å². The molecule has 3 atom stereocenters. The van der Waals surface area contributed by atoms with Gasteiger partial charge >= 0.3 is 6.03 Å². The summed E-state index contributed by atoms with van der Waals surface area (Å²) >= 11 is 0. The molecule has 2 aromatic rings. The molecular formula is C29H37FN4O. The van der Waals surface area contributed by atoms with Crippen molar-refractivity contribution in [1.29, 1.82) is 5.26 Å². The first-order valence-corrected chi connectivity index (χ1v) is 12.8. The standard InChI is InChI=1S/C29H37FN4O/c1-20(2)33(21(3)4)13-14-34(28(35)32-26-10-6-9-25(30)17-26)27-11-12-29(18-24(29)16-27)23-8-5-7-22(15-23)19-31/h5-10,15,17,20-21,24,27H,11-14,16,18H2,1-4H3,(H,32,35)/t24?,27?,29-/m1/s1. The van der Waals surface area contributed by atoms with Gasteiger partial charge in [-0.1, -0.05) is 18.2 Å². The number of hydrogen-bond donors (Lipinski definition) is 1. The summed E-state index contributed by atoms with van der Waals surface area (Å²) < 4.78 is 13.7. The van der Waals surface area contributed by atoms with E-state index in [-0.39, 0.29) is 23.3 Å². The Bertz CT molecular complexity index is 1090. The van der Waals surface area contributed by atoms with Crippen LogP contribution in [0.25, 0.3) is 0 Å². The topological polar surface area (TPSA) is 59.4 Å². The predicted octanol–water partition coefficient (Wildman–Crippen LogP) is 6.16. The molecule has 0 bridgehead atoms. The Kier molecular flexibility index (Phi) is 7.47. The van der Waals surface area contributed by atoms with Gasteiger partial charge < -0.3 is 10.2 Å². The first-order chi connectivity index (χ1) is 16.7. The molecule has 0 heterocycles. The second kappa shape index (κ2) is 10.4. The summed E-state index contributed by atoms with van der Waals surface area (Å²) in [5, 5.41) is 12.3. The number of nitrogens with zero attached hydrogens (tertiary/aromatic N) is 3. The van der Waals surface area contributed by atoms with Crippen LogP contribution in [-0.4, -0.2) is 47.0 Å². The number of rotatable bonds is 8. The highest BCUT2D eigenvalue weighted by Gasteiger charge is 2.58. The largest absolute Gasteiger partial charge is 0.322 e. The van der Waals surface area contributed by atoms with Crippen LogP contribution in [0.4, 0.5) is 14.9 Å². The Morgan fingerprint density at radius 2 is 1.89 bits per heavy atom. The van der Waals surface area contributed by atoms with Crippen molar-refractivity contribution in [2.24, 2.45) is 5.92 Å². The Morgan fingerprint density at radius 1 is 1.14 bits per heavy atom. The zero-order chi connectivity index (χ0) is 25.2. The molecule has 6 heteroatoms. The fraction of sp³-hybridized carbons (Fsp3) is 0.517. The van der Waals surface area contributed by atoms with Gasteiger partial charge in [0.25, 0.3) is 0 Å². The number of benzene rings is 2. The Labute approximate surface area is 208 Å². The third-order valence-corrected chi connectivity index (χ3v) is 7.98. The molecule has 2 saturated carbocycles. The van der Waals surface area contributed by atoms with E-state index >= 15 is 0 Å². The van der Waals surface area contributed by atoms with Crippen LogP contribution in [0.15, 0.2) is 48.5 Å². The lowest BCUT2D eigenvalue weighted by Gasteiger charge is -2.39. The Morgan fingerprint density at radius 3 is 2.54 bits per heavy atom. The molecule has 2 amide bonds. The third kappa shape index (κ3) is 5.51. The van der Waals surface area contributed by atoms with Crippen LogP contribution in [0, 0.1) is 23.1 Å². The zero-order valence-corrected chi connectivity index (χ0v) is 21.3. The molecule has 1 N–H and O–H groups in total. The van der Waals surface area contributed by atoms with E-state index in [1.165, 1.54) is 17.7 Å². The van der Waals surface area contributed by atoms with Gasteiger partial charge in [-0.05, 0) is 101 Å². The second-order valence-corrected chi connectivity index (χ2v) is 10.7. The molecule has 2 aliphatic carbocycles. The van der Waals surface area contributed by atoms with Crippen LogP contribution in [0.5, 0.6) is 0 Å². The summed E-state index contributed by atoms with van der Waals surface area (Å²) in [6, 6.07) is 17.1. The molecule has 4 rings (SSSR count). The van der Waals surface area contributed by atoms with E-state index in [1.807, 2.05) is 23.1 Å². The van der Waals surface area contributed by atoms with Crippen molar-refractivity contribution in [2.75, 3.05) is 18.4 Å². The minimum Gasteiger partial charge on any atom is -0.320 e. The number of urea groups is 1. The molecule has 0 saturated heterocycles. The van der Waals surface area contributed by atoms with Crippen molar-refractivity contribution in [3.63, 3.8) is 0 Å². The van der Waals surface area contributed by atoms with Gasteiger partial charge in [0.05, 0.1) is 11.6 Å². The maximum absolute atomic E-state index is 13.7. The van der Waals surface area contributed by atoms with Crippen molar-refractivity contribution in [3.8, 4) is 6.07 Å². The number of anilines is 1. The number of hydrogen-bond acceptors (Lipinski definition) is 3. The van der Waals surface area contributed by atoms with Crippen molar-refractivity contribution < 1.29 is 9.18 Å². The highest BCUT2D eigenvalue weighted by molar-refractivity contribution is 5.89. The second-order valence-electron chi connectivity index (χ2n) is 10.7. The molecule has 2 aromatic carbocycles. The van der Waals surface area contributed by atoms with Crippen molar-refractivity contribution in [3.05, 3.63) is 65.5 Å². The highest BCUT2D eigenvalue weighted by Crippen LogP contribution is 2.62. The molecule has 0 aromatic heterocycles. The van der Waals surface area contributed by atoms with Gasteiger partial charge in [-0.3, -0.25) is 4.90 Å². The molecule has 2 unspecified atom stereocenters. The Balaban J connectivity index is 1.50. The SMILES string of the molecule is CC(C)N(CCN(C(=O)Nc1cccc(F)c1)C1CC[C@]2(c3cccc(C#N)c3)CC2C1)C(C)C. The number of amides is 2. The molecule has 5 nitrogen and oxygen atoms in total.